The number of hydrogen-bond acceptors (Lipinski definition) is 0. The lowest BCUT2D eigenvalue weighted by Gasteiger charge is -2.24. The van der Waals surface area contributed by atoms with Crippen molar-refractivity contribution in [2.24, 2.45) is 0 Å². The molecule has 0 unspecified atom stereocenters. The third-order valence-electron chi connectivity index (χ3n) is 27.0. The van der Waals surface area contributed by atoms with Crippen LogP contribution in [0.1, 0.15) is 74.9 Å². The van der Waals surface area contributed by atoms with Crippen molar-refractivity contribution in [1.82, 2.24) is 0 Å². The molecule has 3 aliphatic rings. The molecule has 0 atom stereocenters. The van der Waals surface area contributed by atoms with Gasteiger partial charge in [-0.05, 0) is 275 Å². The molecule has 23 rings (SSSR count). The summed E-state index contributed by atoms with van der Waals surface area (Å²) in [6, 6.07) is 158. The van der Waals surface area contributed by atoms with Crippen LogP contribution in [0.5, 0.6) is 0 Å². The lowest BCUT2D eigenvalue weighted by Crippen LogP contribution is -2.15. The Morgan fingerprint density at radius 2 is 0.306 bits per heavy atom. The first-order chi connectivity index (χ1) is 59.3. The lowest BCUT2D eigenvalue weighted by atomic mass is 9.79. The van der Waals surface area contributed by atoms with Gasteiger partial charge < -0.3 is 0 Å². The van der Waals surface area contributed by atoms with E-state index in [1.807, 2.05) is 0 Å². The fraction of sp³-hybridized carbons (Fsp3) is 0.0744. The molecule has 0 aliphatic heterocycles. The summed E-state index contributed by atoms with van der Waals surface area (Å²) in [7, 11) is 0. The summed E-state index contributed by atoms with van der Waals surface area (Å²) in [4.78, 5) is 0. The van der Waals surface area contributed by atoms with Crippen LogP contribution in [0.3, 0.4) is 0 Å². The fourth-order valence-corrected chi connectivity index (χ4v) is 20.7. The van der Waals surface area contributed by atoms with Gasteiger partial charge in [-0.3, -0.25) is 0 Å². The van der Waals surface area contributed by atoms with E-state index in [4.69, 9.17) is 0 Å². The van der Waals surface area contributed by atoms with Gasteiger partial charge in [0.05, 0.1) is 0 Å². The number of fused-ring (bicyclic) bond motifs is 13. The van der Waals surface area contributed by atoms with E-state index in [9.17, 15) is 0 Å². The van der Waals surface area contributed by atoms with Crippen molar-refractivity contribution in [2.75, 3.05) is 0 Å². The maximum atomic E-state index is 2.55. The second kappa shape index (κ2) is 28.9. The van der Waals surface area contributed by atoms with E-state index >= 15 is 0 Å². The molecule has 3 aliphatic carbocycles. The zero-order valence-electron chi connectivity index (χ0n) is 68.9. The van der Waals surface area contributed by atoms with E-state index in [0.717, 1.165) is 0 Å². The molecule has 0 amide bonds. The summed E-state index contributed by atoms with van der Waals surface area (Å²) in [6.07, 6.45) is 0. The molecule has 572 valence electrons. The second-order valence-corrected chi connectivity index (χ2v) is 34.9. The number of rotatable bonds is 11. The predicted molar refractivity (Wildman–Crippen MR) is 515 cm³/mol. The third-order valence-corrected chi connectivity index (χ3v) is 27.0. The maximum absolute atomic E-state index is 2.55. The molecule has 0 fully saturated rings. The average molecular weight is 1540 g/mol. The lowest BCUT2D eigenvalue weighted by molar-refractivity contribution is 0.660. The Bertz CT molecular complexity index is 7460. The molecule has 0 radical (unpaired) electrons. The molecule has 121 heavy (non-hydrogen) atoms. The fourth-order valence-electron chi connectivity index (χ4n) is 20.7. The Morgan fingerprint density at radius 1 is 0.116 bits per heavy atom. The summed E-state index contributed by atoms with van der Waals surface area (Å²) in [5.74, 6) is 0. The molecule has 0 heteroatoms. The van der Waals surface area contributed by atoms with Crippen LogP contribution in [0.25, 0.3) is 199 Å². The van der Waals surface area contributed by atoms with Crippen LogP contribution in [0, 0.1) is 0 Å². The summed E-state index contributed by atoms with van der Waals surface area (Å²) in [6.45, 7) is 14.3. The minimum absolute atomic E-state index is 0.0789. The molecular weight excluding hydrogens is 1450 g/mol. The topological polar surface area (TPSA) is 0 Å². The van der Waals surface area contributed by atoms with Gasteiger partial charge in [-0.25, -0.2) is 0 Å². The molecule has 0 spiro atoms. The van der Waals surface area contributed by atoms with Crippen molar-refractivity contribution >= 4 is 43.1 Å². The van der Waals surface area contributed by atoms with Gasteiger partial charge >= 0.3 is 0 Å². The molecule has 20 aromatic carbocycles. The zero-order chi connectivity index (χ0) is 81.2. The van der Waals surface area contributed by atoms with Crippen LogP contribution >= 0.6 is 0 Å². The normalized spacial score (nSPS) is 13.4. The van der Waals surface area contributed by atoms with Gasteiger partial charge in [-0.1, -0.05) is 424 Å². The minimum Gasteiger partial charge on any atom is -0.0622 e. The van der Waals surface area contributed by atoms with Crippen LogP contribution in [0.15, 0.2) is 425 Å². The Labute approximate surface area is 709 Å². The van der Waals surface area contributed by atoms with E-state index < -0.39 is 0 Å². The van der Waals surface area contributed by atoms with E-state index in [0.29, 0.717) is 0 Å². The van der Waals surface area contributed by atoms with E-state index in [-0.39, 0.29) is 16.2 Å². The van der Waals surface area contributed by atoms with Gasteiger partial charge in [0.15, 0.2) is 0 Å². The first kappa shape index (κ1) is 72.9. The second-order valence-electron chi connectivity index (χ2n) is 34.9. The highest BCUT2D eigenvalue weighted by atomic mass is 14.4. The van der Waals surface area contributed by atoms with Gasteiger partial charge in [0, 0.05) is 16.2 Å². The number of hydrogen-bond donors (Lipinski definition) is 0. The van der Waals surface area contributed by atoms with Crippen molar-refractivity contribution < 1.29 is 0 Å². The van der Waals surface area contributed by atoms with Crippen molar-refractivity contribution in [1.29, 1.82) is 0 Å². The predicted octanol–water partition coefficient (Wildman–Crippen LogP) is 33.2. The Balaban J connectivity index is 0.000000145. The van der Waals surface area contributed by atoms with Crippen molar-refractivity contribution in [3.8, 4) is 156 Å². The third kappa shape index (κ3) is 12.3. The van der Waals surface area contributed by atoms with Crippen LogP contribution < -0.4 is 0 Å². The first-order valence-electron chi connectivity index (χ1n) is 42.7. The molecule has 0 N–H and O–H groups in total. The van der Waals surface area contributed by atoms with Gasteiger partial charge in [0.2, 0.25) is 0 Å². The largest absolute Gasteiger partial charge is 0.0622 e. The Morgan fingerprint density at radius 3 is 0.620 bits per heavy atom. The molecule has 0 aromatic heterocycles. The molecule has 20 aromatic rings. The molecule has 0 heterocycles. The van der Waals surface area contributed by atoms with Gasteiger partial charge in [-0.15, -0.1) is 0 Å². The monoisotopic (exact) mass is 1540 g/mol. The van der Waals surface area contributed by atoms with Crippen molar-refractivity contribution in [3.05, 3.63) is 458 Å². The van der Waals surface area contributed by atoms with E-state index in [1.165, 1.54) is 232 Å². The van der Waals surface area contributed by atoms with Crippen LogP contribution in [0.2, 0.25) is 0 Å². The molecule has 0 nitrogen and oxygen atoms in total. The molecular formula is C121H88. The Hall–Kier alpha value is -14.6. The number of benzene rings is 20. The summed E-state index contributed by atoms with van der Waals surface area (Å²) >= 11 is 0. The zero-order valence-corrected chi connectivity index (χ0v) is 68.9. The van der Waals surface area contributed by atoms with Crippen molar-refractivity contribution in [2.45, 2.75) is 57.8 Å². The van der Waals surface area contributed by atoms with Gasteiger partial charge in [-0.2, -0.15) is 0 Å². The standard InChI is InChI=1S/C62H46.C59H42/c1-61(2)55-21-13-11-19-47(55)49-33-31-46(36-57(49)61)45-32-34-50-52(35-45)60(44-29-25-42(26-30-44)40-17-9-6-10-18-40)54-38-58-51(48-20-12-14-22-56(48)62(58,3)4)37-53(54)59(50)43-27-23-41(24-28-43)39-15-7-5-8-16-39;1-59(2)55-21-13-12-20-49(55)51-37-53-54(38-56(51)59)58(47-32-28-44(29-33-47)41-18-10-5-11-19-41)52-36-48(45-24-22-42(23-25-45)39-14-6-3-7-15-39)34-35-50(52)57(53)46-30-26-43(27-31-46)40-16-8-4-9-17-40/h5-38H,1-4H3;3-38H,1-2H3. The summed E-state index contributed by atoms with van der Waals surface area (Å²) < 4.78 is 0. The molecule has 0 saturated carbocycles. The van der Waals surface area contributed by atoms with Crippen LogP contribution in [-0.4, -0.2) is 0 Å². The van der Waals surface area contributed by atoms with Gasteiger partial charge in [0.25, 0.3) is 0 Å². The smallest absolute Gasteiger partial charge is 0.0159 e. The van der Waals surface area contributed by atoms with Crippen LogP contribution in [-0.2, 0) is 16.2 Å². The summed E-state index contributed by atoms with van der Waals surface area (Å²) in [5, 5.41) is 10.2. The van der Waals surface area contributed by atoms with Crippen LogP contribution in [0.4, 0.5) is 0 Å². The van der Waals surface area contributed by atoms with Gasteiger partial charge in [0.1, 0.15) is 0 Å². The highest BCUT2D eigenvalue weighted by Crippen LogP contribution is 2.58. The summed E-state index contributed by atoms with van der Waals surface area (Å²) in [5.41, 5.74) is 43.1. The first-order valence-corrected chi connectivity index (χ1v) is 42.7. The highest BCUT2D eigenvalue weighted by Gasteiger charge is 2.40. The SMILES string of the molecule is CC1(C)c2ccccc2-c2cc3c(-c4ccc(-c5ccccc5)cc4)c4ccc(-c5ccc(-c6ccccc6)cc5)cc4c(-c4ccc(-c5ccccc5)cc4)c3cc21.CC1(C)c2ccccc2-c2ccc(-c3ccc4c(-c5ccc(-c6ccccc6)cc5)c5cc6c(cc5c(-c5ccc(-c7ccccc7)cc5)c4c3)C(C)(C)c3ccccc3-6)cc21. The quantitative estimate of drug-likeness (QED) is 0.113. The molecule has 0 saturated heterocycles. The van der Waals surface area contributed by atoms with E-state index in [2.05, 4.69) is 466 Å². The highest BCUT2D eigenvalue weighted by molar-refractivity contribution is 6.25. The van der Waals surface area contributed by atoms with Crippen molar-refractivity contribution in [3.63, 3.8) is 0 Å². The maximum Gasteiger partial charge on any atom is 0.0159 e. The van der Waals surface area contributed by atoms with E-state index in [1.54, 1.807) is 0 Å². The Kier molecular flexibility index (Phi) is 17.4. The average Bonchev–Trinajstić information content (AvgIpc) is 1.66. The minimum atomic E-state index is -0.141. The molecule has 0 bridgehead atoms.